The molecule has 0 bridgehead atoms. The zero-order chi connectivity index (χ0) is 6.73. The van der Waals surface area contributed by atoms with Crippen LogP contribution in [0.5, 0.6) is 0 Å². The molecule has 0 amide bonds. The average molecular weight is 284 g/mol. The maximum Gasteiger partial charge on any atom is 0.0730 e. The van der Waals surface area contributed by atoms with Crippen molar-refractivity contribution < 1.29 is 0 Å². The molecular weight excluding hydrogens is 277 g/mol. The van der Waals surface area contributed by atoms with E-state index in [1.165, 1.54) is 0 Å². The highest BCUT2D eigenvalue weighted by Crippen LogP contribution is 2.09. The highest BCUT2D eigenvalue weighted by molar-refractivity contribution is 14.1. The maximum atomic E-state index is 5.56. The second-order valence-electron chi connectivity index (χ2n) is 1.24. The lowest BCUT2D eigenvalue weighted by Crippen LogP contribution is -2.14. The second kappa shape index (κ2) is 4.38. The molecule has 2 unspecified atom stereocenters. The van der Waals surface area contributed by atoms with E-state index in [1.54, 1.807) is 10.9 Å². The van der Waals surface area contributed by atoms with Crippen LogP contribution in [0.3, 0.4) is 0 Å². The molecular formula is C3H7ClINS2. The van der Waals surface area contributed by atoms with Gasteiger partial charge >= 0.3 is 0 Å². The SMILES string of the molecule is CC(I)S(=S)N(C)Cl. The minimum Gasteiger partial charge on any atom is -0.162 e. The van der Waals surface area contributed by atoms with E-state index < -0.39 is 0 Å². The van der Waals surface area contributed by atoms with Crippen molar-refractivity contribution >= 4 is 55.2 Å². The Kier molecular flexibility index (Phi) is 5.23. The van der Waals surface area contributed by atoms with E-state index >= 15 is 0 Å². The Morgan fingerprint density at radius 3 is 2.25 bits per heavy atom. The molecule has 0 aromatic carbocycles. The molecule has 0 aliphatic heterocycles. The number of halogens is 2. The summed E-state index contributed by atoms with van der Waals surface area (Å²) < 4.78 is 2.00. The second-order valence-corrected chi connectivity index (χ2v) is 7.49. The standard InChI is InChI=1S/C3H7ClINS2/c1-3(5)8(7)6(2)4/h3H,1-2H3. The summed E-state index contributed by atoms with van der Waals surface area (Å²) in [6.07, 6.45) is 0. The van der Waals surface area contributed by atoms with Crippen molar-refractivity contribution in [3.05, 3.63) is 0 Å². The number of alkyl halides is 1. The van der Waals surface area contributed by atoms with Gasteiger partial charge in [0.1, 0.15) is 0 Å². The molecule has 0 aromatic heterocycles. The van der Waals surface area contributed by atoms with Crippen LogP contribution in [0.1, 0.15) is 6.92 Å². The van der Waals surface area contributed by atoms with Crippen LogP contribution >= 0.6 is 34.4 Å². The van der Waals surface area contributed by atoms with Crippen molar-refractivity contribution in [2.24, 2.45) is 0 Å². The summed E-state index contributed by atoms with van der Waals surface area (Å²) in [5.41, 5.74) is 0. The number of hydrogen-bond acceptors (Lipinski definition) is 1. The maximum absolute atomic E-state index is 5.56. The molecule has 1 nitrogen and oxygen atoms in total. The van der Waals surface area contributed by atoms with Gasteiger partial charge in [0.15, 0.2) is 0 Å². The molecule has 0 saturated heterocycles. The van der Waals surface area contributed by atoms with Crippen LogP contribution in [-0.2, 0) is 20.8 Å². The zero-order valence-corrected chi connectivity index (χ0v) is 9.14. The minimum atomic E-state index is -0.205. The molecule has 0 spiro atoms. The summed E-state index contributed by atoms with van der Waals surface area (Å²) in [5, 5.41) is 0. The molecule has 8 heavy (non-hydrogen) atoms. The molecule has 0 aliphatic rings. The fourth-order valence-electron chi connectivity index (χ4n) is 0.200. The van der Waals surface area contributed by atoms with E-state index in [0.29, 0.717) is 3.26 Å². The smallest absolute Gasteiger partial charge is 0.0730 e. The highest BCUT2D eigenvalue weighted by Gasteiger charge is 2.04. The Morgan fingerprint density at radius 2 is 2.25 bits per heavy atom. The normalized spacial score (nSPS) is 18.6. The lowest BCUT2D eigenvalue weighted by Gasteiger charge is -2.10. The van der Waals surface area contributed by atoms with Crippen LogP contribution in [0.4, 0.5) is 0 Å². The van der Waals surface area contributed by atoms with Gasteiger partial charge in [-0.1, -0.05) is 22.6 Å². The van der Waals surface area contributed by atoms with E-state index in [1.807, 2.05) is 0 Å². The molecule has 0 rings (SSSR count). The molecule has 0 radical (unpaired) electrons. The topological polar surface area (TPSA) is 3.24 Å². The fraction of sp³-hybridized carbons (Fsp3) is 1.00. The van der Waals surface area contributed by atoms with Gasteiger partial charge in [0, 0.05) is 7.05 Å². The van der Waals surface area contributed by atoms with Gasteiger partial charge in [-0.05, 0) is 39.5 Å². The number of hydrogen-bond donors (Lipinski definition) is 0. The summed E-state index contributed by atoms with van der Waals surface area (Å²) in [5.74, 6) is 0. The van der Waals surface area contributed by atoms with E-state index in [-0.39, 0.29) is 9.64 Å². The Labute approximate surface area is 75.7 Å². The third-order valence-corrected chi connectivity index (χ3v) is 6.29. The van der Waals surface area contributed by atoms with Crippen LogP contribution in [0, 0.1) is 0 Å². The van der Waals surface area contributed by atoms with Crippen molar-refractivity contribution in [2.45, 2.75) is 10.2 Å². The fourth-order valence-corrected chi connectivity index (χ4v) is 2.39. The van der Waals surface area contributed by atoms with Crippen LogP contribution in [0.2, 0.25) is 0 Å². The average Bonchev–Trinajstić information content (AvgIpc) is 1.64. The summed E-state index contributed by atoms with van der Waals surface area (Å²) in [6, 6.07) is 0. The van der Waals surface area contributed by atoms with Crippen molar-refractivity contribution in [3.63, 3.8) is 0 Å². The predicted molar refractivity (Wildman–Crippen MR) is 51.8 cm³/mol. The van der Waals surface area contributed by atoms with Gasteiger partial charge in [-0.25, -0.2) is 0 Å². The lowest BCUT2D eigenvalue weighted by molar-refractivity contribution is 0.912. The first-order valence-corrected chi connectivity index (χ1v) is 5.75. The molecule has 2 atom stereocenters. The van der Waals surface area contributed by atoms with Gasteiger partial charge in [-0.3, -0.25) is 0 Å². The first-order chi connectivity index (χ1) is 3.55. The summed E-state index contributed by atoms with van der Waals surface area (Å²) in [6.45, 7) is 2.05. The Balaban J connectivity index is 3.65. The molecule has 0 aromatic rings. The van der Waals surface area contributed by atoms with Crippen LogP contribution in [-0.4, -0.2) is 14.1 Å². The summed E-state index contributed by atoms with van der Waals surface area (Å²) in [7, 11) is 1.58. The lowest BCUT2D eigenvalue weighted by atomic mass is 11.0. The molecule has 0 N–H and O–H groups in total. The summed E-state index contributed by atoms with van der Waals surface area (Å²) >= 11 is 12.8. The minimum absolute atomic E-state index is 0.205. The third kappa shape index (κ3) is 3.55. The first-order valence-electron chi connectivity index (χ1n) is 2.00. The Morgan fingerprint density at radius 1 is 1.88 bits per heavy atom. The van der Waals surface area contributed by atoms with Crippen molar-refractivity contribution in [3.8, 4) is 0 Å². The van der Waals surface area contributed by atoms with Gasteiger partial charge in [0.05, 0.1) is 3.26 Å². The highest BCUT2D eigenvalue weighted by atomic mass is 127. The van der Waals surface area contributed by atoms with E-state index in [9.17, 15) is 0 Å². The largest absolute Gasteiger partial charge is 0.162 e. The molecule has 0 fully saturated rings. The van der Waals surface area contributed by atoms with Gasteiger partial charge in [-0.2, -0.15) is 3.82 Å². The van der Waals surface area contributed by atoms with Crippen molar-refractivity contribution in [2.75, 3.05) is 7.05 Å². The van der Waals surface area contributed by atoms with Gasteiger partial charge < -0.3 is 0 Å². The van der Waals surface area contributed by atoms with Crippen molar-refractivity contribution in [1.82, 2.24) is 3.82 Å². The number of nitrogens with zero attached hydrogens (tertiary/aromatic N) is 1. The Hall–Kier alpha value is 1.55. The molecule has 0 aliphatic carbocycles. The Bertz CT molecular complexity index is 85.3. The van der Waals surface area contributed by atoms with E-state index in [4.69, 9.17) is 23.0 Å². The van der Waals surface area contributed by atoms with Gasteiger partial charge in [0.2, 0.25) is 0 Å². The van der Waals surface area contributed by atoms with Crippen molar-refractivity contribution in [1.29, 1.82) is 0 Å². The molecule has 50 valence electrons. The third-order valence-electron chi connectivity index (χ3n) is 0.526. The van der Waals surface area contributed by atoms with Gasteiger partial charge in [-0.15, -0.1) is 0 Å². The zero-order valence-electron chi connectivity index (χ0n) is 4.60. The van der Waals surface area contributed by atoms with Crippen LogP contribution in [0.15, 0.2) is 0 Å². The quantitative estimate of drug-likeness (QED) is 0.432. The van der Waals surface area contributed by atoms with Crippen LogP contribution < -0.4 is 0 Å². The first kappa shape index (κ1) is 9.55. The van der Waals surface area contributed by atoms with E-state index in [2.05, 4.69) is 29.5 Å². The van der Waals surface area contributed by atoms with Gasteiger partial charge in [0.25, 0.3) is 0 Å². The molecule has 5 heteroatoms. The predicted octanol–water partition coefficient (Wildman–Crippen LogP) is 1.85. The van der Waals surface area contributed by atoms with Crippen LogP contribution in [0.25, 0.3) is 0 Å². The number of rotatable bonds is 2. The van der Waals surface area contributed by atoms with E-state index in [0.717, 1.165) is 0 Å². The molecule has 0 saturated carbocycles. The molecule has 0 heterocycles. The summed E-state index contributed by atoms with van der Waals surface area (Å²) in [4.78, 5) is 0. The monoisotopic (exact) mass is 283 g/mol.